The smallest absolute Gasteiger partial charge is 0.416 e. The van der Waals surface area contributed by atoms with Crippen LogP contribution >= 0.6 is 11.6 Å². The van der Waals surface area contributed by atoms with E-state index in [0.29, 0.717) is 35.7 Å². The van der Waals surface area contributed by atoms with Crippen molar-refractivity contribution in [2.24, 2.45) is 0 Å². The fourth-order valence-electron chi connectivity index (χ4n) is 4.91. The number of hydrogen-bond acceptors (Lipinski definition) is 4. The second-order valence-corrected chi connectivity index (χ2v) is 9.42. The number of ether oxygens (including phenoxy) is 1. The van der Waals surface area contributed by atoms with E-state index in [0.717, 1.165) is 22.9 Å². The number of pyridine rings is 2. The summed E-state index contributed by atoms with van der Waals surface area (Å²) in [5, 5.41) is 2.34. The molecule has 1 aliphatic rings. The van der Waals surface area contributed by atoms with Gasteiger partial charge in [-0.3, -0.25) is 4.79 Å². The number of halogens is 4. The summed E-state index contributed by atoms with van der Waals surface area (Å²) in [6.07, 6.45) is -1.19. The van der Waals surface area contributed by atoms with Gasteiger partial charge < -0.3 is 14.0 Å². The molecule has 3 aromatic heterocycles. The van der Waals surface area contributed by atoms with Gasteiger partial charge >= 0.3 is 6.18 Å². The molecule has 0 aliphatic carbocycles. The van der Waals surface area contributed by atoms with Crippen molar-refractivity contribution in [3.8, 4) is 5.75 Å². The first-order valence-electron chi connectivity index (χ1n) is 11.9. The molecule has 0 bridgehead atoms. The standard InChI is InChI=1S/C28H20ClF3N4O2/c29-23-8-6-19(15-33-23)26-27-22(34-24-14-20(28(30,31)32)9-11-35(24)27)10-12-36(26)25(37)16-38-21-7-5-17-3-1-2-4-18(17)13-21/h1-9,11,13-15,26H,10,12,16H2. The number of aromatic nitrogens is 3. The monoisotopic (exact) mass is 536 g/mol. The van der Waals surface area contributed by atoms with Gasteiger partial charge in [0, 0.05) is 25.4 Å². The SMILES string of the molecule is O=C(COc1ccc2ccccc2c1)N1CCc2nc3cc(C(F)(F)F)ccn3c2C1c1ccc(Cl)nc1. The molecular formula is C28H20ClF3N4O2. The Balaban J connectivity index is 1.35. The molecule has 0 saturated carbocycles. The van der Waals surface area contributed by atoms with Crippen LogP contribution in [0, 0.1) is 0 Å². The van der Waals surface area contributed by atoms with Gasteiger partial charge in [0.2, 0.25) is 0 Å². The van der Waals surface area contributed by atoms with Crippen molar-refractivity contribution in [1.82, 2.24) is 19.3 Å². The molecule has 1 amide bonds. The van der Waals surface area contributed by atoms with Gasteiger partial charge in [-0.15, -0.1) is 0 Å². The Kier molecular flexibility index (Phi) is 5.95. The van der Waals surface area contributed by atoms with E-state index in [4.69, 9.17) is 16.3 Å². The van der Waals surface area contributed by atoms with Crippen LogP contribution in [-0.4, -0.2) is 38.3 Å². The van der Waals surface area contributed by atoms with E-state index in [1.54, 1.807) is 27.6 Å². The van der Waals surface area contributed by atoms with E-state index in [1.807, 2.05) is 42.5 Å². The molecule has 10 heteroatoms. The van der Waals surface area contributed by atoms with Crippen LogP contribution in [0.5, 0.6) is 5.75 Å². The van der Waals surface area contributed by atoms with Crippen LogP contribution in [0.15, 0.2) is 79.1 Å². The zero-order valence-corrected chi connectivity index (χ0v) is 20.6. The van der Waals surface area contributed by atoms with Crippen molar-refractivity contribution in [3.05, 3.63) is 107 Å². The lowest BCUT2D eigenvalue weighted by Crippen LogP contribution is -2.43. The van der Waals surface area contributed by atoms with E-state index in [-0.39, 0.29) is 23.3 Å². The summed E-state index contributed by atoms with van der Waals surface area (Å²) in [6.45, 7) is 0.108. The Labute approximate surface area is 220 Å². The maximum atomic E-state index is 13.5. The van der Waals surface area contributed by atoms with Gasteiger partial charge in [0.25, 0.3) is 5.91 Å². The quantitative estimate of drug-likeness (QED) is 0.260. The Bertz CT molecular complexity index is 1670. The highest BCUT2D eigenvalue weighted by Gasteiger charge is 2.37. The summed E-state index contributed by atoms with van der Waals surface area (Å²) in [5.41, 5.74) is 1.29. The highest BCUT2D eigenvalue weighted by molar-refractivity contribution is 6.29. The Hall–Kier alpha value is -4.11. The summed E-state index contributed by atoms with van der Waals surface area (Å²) in [6, 6.07) is 18.2. The maximum Gasteiger partial charge on any atom is 0.416 e. The number of imidazole rings is 1. The van der Waals surface area contributed by atoms with E-state index < -0.39 is 17.8 Å². The van der Waals surface area contributed by atoms with Gasteiger partial charge in [0.1, 0.15) is 22.6 Å². The molecule has 0 spiro atoms. The molecule has 2 aromatic carbocycles. The lowest BCUT2D eigenvalue weighted by atomic mass is 9.96. The molecule has 6 nitrogen and oxygen atoms in total. The number of carbonyl (C=O) groups is 1. The summed E-state index contributed by atoms with van der Waals surface area (Å²) >= 11 is 6.01. The van der Waals surface area contributed by atoms with Crippen LogP contribution in [0.4, 0.5) is 13.2 Å². The van der Waals surface area contributed by atoms with Crippen molar-refractivity contribution in [2.75, 3.05) is 13.2 Å². The van der Waals surface area contributed by atoms with E-state index in [9.17, 15) is 18.0 Å². The van der Waals surface area contributed by atoms with Crippen LogP contribution < -0.4 is 4.74 Å². The number of alkyl halides is 3. The third-order valence-corrected chi connectivity index (χ3v) is 6.92. The second-order valence-electron chi connectivity index (χ2n) is 9.04. The molecule has 1 aliphatic heterocycles. The number of fused-ring (bicyclic) bond motifs is 4. The van der Waals surface area contributed by atoms with Crippen LogP contribution in [-0.2, 0) is 17.4 Å². The first kappa shape index (κ1) is 24.2. The number of hydrogen-bond donors (Lipinski definition) is 0. The number of nitrogens with zero attached hydrogens (tertiary/aromatic N) is 4. The van der Waals surface area contributed by atoms with E-state index in [2.05, 4.69) is 9.97 Å². The molecule has 192 valence electrons. The largest absolute Gasteiger partial charge is 0.484 e. The first-order valence-corrected chi connectivity index (χ1v) is 12.3. The molecule has 4 heterocycles. The first-order chi connectivity index (χ1) is 18.3. The highest BCUT2D eigenvalue weighted by atomic mass is 35.5. The predicted octanol–water partition coefficient (Wildman–Crippen LogP) is 6.11. The fourth-order valence-corrected chi connectivity index (χ4v) is 5.02. The molecule has 0 radical (unpaired) electrons. The van der Waals surface area contributed by atoms with Gasteiger partial charge in [-0.25, -0.2) is 9.97 Å². The molecule has 0 N–H and O–H groups in total. The third kappa shape index (κ3) is 4.43. The molecule has 0 fully saturated rings. The average Bonchev–Trinajstić information content (AvgIpc) is 3.29. The Morgan fingerprint density at radius 2 is 1.87 bits per heavy atom. The number of carbonyl (C=O) groups excluding carboxylic acids is 1. The van der Waals surface area contributed by atoms with E-state index >= 15 is 0 Å². The van der Waals surface area contributed by atoms with Crippen molar-refractivity contribution < 1.29 is 22.7 Å². The van der Waals surface area contributed by atoms with Gasteiger partial charge in [0.15, 0.2) is 6.61 Å². The minimum atomic E-state index is -4.49. The molecule has 6 rings (SSSR count). The summed E-state index contributed by atoms with van der Waals surface area (Å²) < 4.78 is 47.5. The normalized spacial score (nSPS) is 15.6. The number of amides is 1. The highest BCUT2D eigenvalue weighted by Crippen LogP contribution is 2.37. The minimum Gasteiger partial charge on any atom is -0.484 e. The predicted molar refractivity (Wildman–Crippen MR) is 136 cm³/mol. The summed E-state index contributed by atoms with van der Waals surface area (Å²) in [5.74, 6) is 0.291. The number of benzene rings is 2. The van der Waals surface area contributed by atoms with Crippen LogP contribution in [0.2, 0.25) is 5.15 Å². The summed E-state index contributed by atoms with van der Waals surface area (Å²) in [7, 11) is 0. The Morgan fingerprint density at radius 1 is 1.05 bits per heavy atom. The minimum absolute atomic E-state index is 0.165. The second kappa shape index (κ2) is 9.33. The van der Waals surface area contributed by atoms with Crippen LogP contribution in [0.25, 0.3) is 16.4 Å². The van der Waals surface area contributed by atoms with Gasteiger partial charge in [-0.2, -0.15) is 13.2 Å². The molecule has 1 unspecified atom stereocenters. The third-order valence-electron chi connectivity index (χ3n) is 6.70. The van der Waals surface area contributed by atoms with Crippen molar-refractivity contribution >= 4 is 33.9 Å². The Morgan fingerprint density at radius 3 is 2.63 bits per heavy atom. The topological polar surface area (TPSA) is 59.7 Å². The van der Waals surface area contributed by atoms with Crippen molar-refractivity contribution in [3.63, 3.8) is 0 Å². The molecule has 38 heavy (non-hydrogen) atoms. The zero-order valence-electron chi connectivity index (χ0n) is 19.8. The lowest BCUT2D eigenvalue weighted by molar-refractivity contribution is -0.137. The zero-order chi connectivity index (χ0) is 26.4. The van der Waals surface area contributed by atoms with Gasteiger partial charge in [-0.1, -0.05) is 48.0 Å². The van der Waals surface area contributed by atoms with Crippen LogP contribution in [0.1, 0.15) is 28.6 Å². The van der Waals surface area contributed by atoms with Crippen LogP contribution in [0.3, 0.4) is 0 Å². The fraction of sp³-hybridized carbons (Fsp3) is 0.179. The summed E-state index contributed by atoms with van der Waals surface area (Å²) in [4.78, 5) is 23.8. The molecule has 5 aromatic rings. The molecule has 0 saturated heterocycles. The van der Waals surface area contributed by atoms with Crippen molar-refractivity contribution in [2.45, 2.75) is 18.6 Å². The maximum absolute atomic E-state index is 13.5. The van der Waals surface area contributed by atoms with E-state index in [1.165, 1.54) is 6.20 Å². The van der Waals surface area contributed by atoms with Gasteiger partial charge in [0.05, 0.1) is 17.0 Å². The lowest BCUT2D eigenvalue weighted by Gasteiger charge is -2.35. The molecular weight excluding hydrogens is 517 g/mol. The molecule has 1 atom stereocenters. The average molecular weight is 537 g/mol. The van der Waals surface area contributed by atoms with Gasteiger partial charge in [-0.05, 0) is 46.7 Å². The number of rotatable bonds is 4. The van der Waals surface area contributed by atoms with Crippen molar-refractivity contribution in [1.29, 1.82) is 0 Å².